The van der Waals surface area contributed by atoms with Crippen LogP contribution in [-0.2, 0) is 13.7 Å². The van der Waals surface area contributed by atoms with Gasteiger partial charge in [-0.3, -0.25) is 0 Å². The van der Waals surface area contributed by atoms with Gasteiger partial charge < -0.3 is 10.2 Å². The minimum atomic E-state index is -4.50. The van der Waals surface area contributed by atoms with Crippen molar-refractivity contribution in [3.63, 3.8) is 0 Å². The van der Waals surface area contributed by atoms with Crippen molar-refractivity contribution < 1.29 is 26.7 Å². The average molecular weight is 408 g/mol. The van der Waals surface area contributed by atoms with E-state index in [1.165, 1.54) is 48.5 Å². The molecule has 0 heterocycles. The topological polar surface area (TPSA) is 83.8 Å². The lowest BCUT2D eigenvalue weighted by Gasteiger charge is -2.39. The van der Waals surface area contributed by atoms with E-state index in [0.717, 1.165) is 0 Å². The summed E-state index contributed by atoms with van der Waals surface area (Å²) < 4.78 is 43.1. The molecule has 0 atom stereocenters. The molecular weight excluding hydrogens is 391 g/mol. The molecule has 0 bridgehead atoms. The Balaban J connectivity index is 2.36. The highest BCUT2D eigenvalue weighted by Gasteiger charge is 2.37. The van der Waals surface area contributed by atoms with Crippen LogP contribution < -0.4 is 0 Å². The van der Waals surface area contributed by atoms with E-state index in [4.69, 9.17) is 3.63 Å². The zero-order valence-corrected chi connectivity index (χ0v) is 15.7. The molecule has 0 fully saturated rings. The van der Waals surface area contributed by atoms with Crippen molar-refractivity contribution >= 4 is 20.4 Å². The molecule has 0 aliphatic carbocycles. The van der Waals surface area contributed by atoms with Crippen LogP contribution in [0, 0.1) is 0 Å². The smallest absolute Gasteiger partial charge is 0.307 e. The number of alkyl halides is 1. The number of halogens is 1. The van der Waals surface area contributed by atoms with Crippen molar-refractivity contribution in [1.82, 2.24) is 0 Å². The number of phenols is 2. The number of hydrogen-bond acceptors (Lipinski definition) is 5. The Morgan fingerprint density at radius 1 is 0.704 bits per heavy atom. The molecule has 5 nitrogen and oxygen atoms in total. The molecule has 0 spiro atoms. The monoisotopic (exact) mass is 408 g/mol. The van der Waals surface area contributed by atoms with E-state index >= 15 is 0 Å². The van der Waals surface area contributed by atoms with Gasteiger partial charge in [-0.15, -0.1) is 0 Å². The van der Waals surface area contributed by atoms with E-state index in [1.807, 2.05) is 0 Å². The number of aromatic hydroxyl groups is 2. The van der Waals surface area contributed by atoms with E-state index in [2.05, 4.69) is 0 Å². The molecule has 0 unspecified atom stereocenters. The van der Waals surface area contributed by atoms with Gasteiger partial charge in [0.2, 0.25) is 6.01 Å². The van der Waals surface area contributed by atoms with Crippen LogP contribution in [0.15, 0.2) is 93.5 Å². The Morgan fingerprint density at radius 2 is 1.11 bits per heavy atom. The van der Waals surface area contributed by atoms with E-state index in [1.54, 1.807) is 30.3 Å². The molecule has 2 N–H and O–H groups in total. The second kappa shape index (κ2) is 7.59. The van der Waals surface area contributed by atoms with Gasteiger partial charge in [-0.25, -0.2) is 8.02 Å². The average Bonchev–Trinajstić information content (AvgIpc) is 2.68. The fraction of sp³-hybridized carbons (Fsp3) is 0.0526. The highest BCUT2D eigenvalue weighted by atomic mass is 32.3. The Labute approximate surface area is 158 Å². The molecule has 3 aromatic rings. The molecule has 0 amide bonds. The lowest BCUT2D eigenvalue weighted by Crippen LogP contribution is -2.15. The minimum Gasteiger partial charge on any atom is -0.508 e. The largest absolute Gasteiger partial charge is 0.508 e. The van der Waals surface area contributed by atoms with E-state index < -0.39 is 26.4 Å². The van der Waals surface area contributed by atoms with E-state index in [9.17, 15) is 23.0 Å². The first kappa shape index (κ1) is 19.2. The molecule has 0 saturated carbocycles. The van der Waals surface area contributed by atoms with Gasteiger partial charge in [-0.2, -0.15) is 8.42 Å². The van der Waals surface area contributed by atoms with Crippen LogP contribution in [0.1, 0.15) is 0 Å². The summed E-state index contributed by atoms with van der Waals surface area (Å²) in [5, 5.41) is 19.3. The fourth-order valence-electron chi connectivity index (χ4n) is 2.59. The maximum absolute atomic E-state index is 13.2. The van der Waals surface area contributed by atoms with E-state index in [-0.39, 0.29) is 11.5 Å². The number of hydrogen-bond donors (Lipinski definition) is 2. The Morgan fingerprint density at radius 3 is 1.52 bits per heavy atom. The molecule has 142 valence electrons. The van der Waals surface area contributed by atoms with Gasteiger partial charge in [0.15, 0.2) is 0 Å². The van der Waals surface area contributed by atoms with Crippen molar-refractivity contribution in [3.8, 4) is 11.5 Å². The molecule has 0 saturated heterocycles. The molecule has 0 aliphatic heterocycles. The summed E-state index contributed by atoms with van der Waals surface area (Å²) in [7, 11) is -7.38. The summed E-state index contributed by atoms with van der Waals surface area (Å²) in [6.07, 6.45) is 0. The molecule has 8 heteroatoms. The minimum absolute atomic E-state index is 0.000772. The highest BCUT2D eigenvalue weighted by Crippen LogP contribution is 2.70. The zero-order chi connectivity index (χ0) is 19.5. The first-order chi connectivity index (χ1) is 12.9. The predicted molar refractivity (Wildman–Crippen MR) is 101 cm³/mol. The predicted octanol–water partition coefficient (Wildman–Crippen LogP) is 4.57. The van der Waals surface area contributed by atoms with Crippen LogP contribution in [0.3, 0.4) is 0 Å². The Bertz CT molecular complexity index is 959. The quantitative estimate of drug-likeness (QED) is 0.624. The molecule has 3 rings (SSSR count). The van der Waals surface area contributed by atoms with Crippen LogP contribution in [0.5, 0.6) is 11.5 Å². The van der Waals surface area contributed by atoms with Gasteiger partial charge in [-0.05, 0) is 71.0 Å². The zero-order valence-electron chi connectivity index (χ0n) is 14.0. The maximum Gasteiger partial charge on any atom is 0.307 e. The highest BCUT2D eigenvalue weighted by molar-refractivity contribution is 8.33. The van der Waals surface area contributed by atoms with Crippen LogP contribution in [0.4, 0.5) is 4.39 Å². The first-order valence-electron chi connectivity index (χ1n) is 7.84. The van der Waals surface area contributed by atoms with Gasteiger partial charge >= 0.3 is 10.1 Å². The third-order valence-electron chi connectivity index (χ3n) is 3.75. The SMILES string of the molecule is O=S(=O)(CF)OS(c1ccccc1)(c1ccc(O)cc1)c1ccc(O)cc1. The summed E-state index contributed by atoms with van der Waals surface area (Å²) in [5.74, 6) is -0.00154. The van der Waals surface area contributed by atoms with Crippen LogP contribution in [0.2, 0.25) is 0 Å². The van der Waals surface area contributed by atoms with Crippen molar-refractivity contribution in [2.75, 3.05) is 6.01 Å². The second-order valence-electron chi connectivity index (χ2n) is 5.59. The lowest BCUT2D eigenvalue weighted by atomic mass is 10.3. The van der Waals surface area contributed by atoms with Crippen LogP contribution >= 0.6 is 10.3 Å². The van der Waals surface area contributed by atoms with Crippen LogP contribution in [-0.4, -0.2) is 24.6 Å². The molecule has 3 aromatic carbocycles. The first-order valence-corrected chi connectivity index (χ1v) is 11.0. The number of benzene rings is 3. The molecule has 0 aromatic heterocycles. The summed E-state index contributed by atoms with van der Waals surface area (Å²) in [6.45, 7) is 0. The molecule has 0 radical (unpaired) electrons. The number of phenolic OH excluding ortho intramolecular Hbond substituents is 2. The molecule has 27 heavy (non-hydrogen) atoms. The van der Waals surface area contributed by atoms with Crippen LogP contribution in [0.25, 0.3) is 0 Å². The van der Waals surface area contributed by atoms with Gasteiger partial charge in [0.1, 0.15) is 11.5 Å². The van der Waals surface area contributed by atoms with Gasteiger partial charge in [-0.1, -0.05) is 18.2 Å². The molecular formula is C19H17FO5S2. The van der Waals surface area contributed by atoms with Crippen molar-refractivity contribution in [1.29, 1.82) is 0 Å². The summed E-state index contributed by atoms with van der Waals surface area (Å²) in [4.78, 5) is 1.43. The normalized spacial score (nSPS) is 12.6. The summed E-state index contributed by atoms with van der Waals surface area (Å²) in [6, 6.07) is 18.7. The van der Waals surface area contributed by atoms with Crippen molar-refractivity contribution in [2.45, 2.75) is 14.7 Å². The maximum atomic E-state index is 13.2. The summed E-state index contributed by atoms with van der Waals surface area (Å²) >= 11 is 0. The Kier molecular flexibility index (Phi) is 5.41. The van der Waals surface area contributed by atoms with Gasteiger partial charge in [0, 0.05) is 14.7 Å². The van der Waals surface area contributed by atoms with E-state index in [0.29, 0.717) is 14.7 Å². The third-order valence-corrected chi connectivity index (χ3v) is 8.47. The summed E-state index contributed by atoms with van der Waals surface area (Å²) in [5.41, 5.74) is 0. The van der Waals surface area contributed by atoms with Crippen molar-refractivity contribution in [3.05, 3.63) is 78.9 Å². The number of rotatable bonds is 6. The Hall–Kier alpha value is -2.55. The third kappa shape index (κ3) is 3.92. The fourth-order valence-corrected chi connectivity index (χ4v) is 7.32. The second-order valence-corrected chi connectivity index (χ2v) is 10.00. The van der Waals surface area contributed by atoms with Crippen molar-refractivity contribution in [2.24, 2.45) is 0 Å². The van der Waals surface area contributed by atoms with Gasteiger partial charge in [0.05, 0.1) is 0 Å². The van der Waals surface area contributed by atoms with Gasteiger partial charge in [0.25, 0.3) is 0 Å². The lowest BCUT2D eigenvalue weighted by molar-refractivity contribution is 0.467. The standard InChI is InChI=1S/C19H17FO5S2/c20-14-26(23,24)25-27(17-4-2-1-3-5-17,18-10-6-15(21)7-11-18)19-12-8-16(22)9-13-19/h1-13,21-22H,14H2. The molecule has 0 aliphatic rings.